The second kappa shape index (κ2) is 16.2. The number of aromatic nitrogens is 2. The van der Waals surface area contributed by atoms with E-state index in [9.17, 15) is 0 Å². The minimum atomic E-state index is 0.614. The van der Waals surface area contributed by atoms with E-state index in [2.05, 4.69) is 26.2 Å². The van der Waals surface area contributed by atoms with Crippen molar-refractivity contribution in [2.45, 2.75) is 173 Å². The van der Waals surface area contributed by atoms with Gasteiger partial charge in [0.1, 0.15) is 5.82 Å². The Bertz CT molecular complexity index is 703. The highest BCUT2D eigenvalue weighted by atomic mass is 14.9. The number of hydrogen-bond acceptors (Lipinski definition) is 2. The van der Waals surface area contributed by atoms with Crippen LogP contribution in [0.5, 0.6) is 0 Å². The van der Waals surface area contributed by atoms with Crippen molar-refractivity contribution in [2.24, 2.45) is 23.7 Å². The Kier molecular flexibility index (Phi) is 12.8. The number of rotatable bonds is 14. The third-order valence-corrected chi connectivity index (χ3v) is 10.9. The molecule has 3 saturated carbocycles. The second-order valence-corrected chi connectivity index (χ2v) is 13.5. The summed E-state index contributed by atoms with van der Waals surface area (Å²) in [4.78, 5) is 9.86. The van der Waals surface area contributed by atoms with Gasteiger partial charge in [0.05, 0.1) is 0 Å². The Hall–Kier alpha value is -0.920. The highest BCUT2D eigenvalue weighted by molar-refractivity contribution is 5.14. The Morgan fingerprint density at radius 3 is 1.54 bits per heavy atom. The van der Waals surface area contributed by atoms with Gasteiger partial charge in [-0.1, -0.05) is 97.3 Å². The van der Waals surface area contributed by atoms with Crippen LogP contribution in [0.25, 0.3) is 0 Å². The summed E-state index contributed by atoms with van der Waals surface area (Å²) >= 11 is 0. The van der Waals surface area contributed by atoms with E-state index in [1.54, 1.807) is 0 Å². The molecular weight excluding hydrogens is 448 g/mol. The Morgan fingerprint density at radius 2 is 0.946 bits per heavy atom. The van der Waals surface area contributed by atoms with E-state index in [-0.39, 0.29) is 0 Å². The first-order valence-corrected chi connectivity index (χ1v) is 17.1. The summed E-state index contributed by atoms with van der Waals surface area (Å²) in [5.41, 5.74) is 1.43. The van der Waals surface area contributed by atoms with Crippen LogP contribution in [0.1, 0.15) is 185 Å². The van der Waals surface area contributed by atoms with E-state index in [4.69, 9.17) is 9.97 Å². The van der Waals surface area contributed by atoms with E-state index in [0.29, 0.717) is 11.8 Å². The standard InChI is InChI=1S/C35H60N2/c1-3-5-7-8-9-11-13-29-14-18-30(19-15-29)31-22-24-32(25-23-31)34-26-36-35(37-27-34)33-20-16-28(17-21-33)12-10-6-4-2/h26-33H,3-25H2,1-2H3. The maximum atomic E-state index is 4.93. The summed E-state index contributed by atoms with van der Waals surface area (Å²) in [6.07, 6.45) is 37.4. The molecule has 0 radical (unpaired) electrons. The third kappa shape index (κ3) is 9.35. The smallest absolute Gasteiger partial charge is 0.131 e. The van der Waals surface area contributed by atoms with E-state index in [0.717, 1.165) is 29.5 Å². The minimum Gasteiger partial charge on any atom is -0.241 e. The van der Waals surface area contributed by atoms with Crippen LogP contribution in [-0.2, 0) is 0 Å². The van der Waals surface area contributed by atoms with E-state index in [1.165, 1.54) is 153 Å². The van der Waals surface area contributed by atoms with Crippen LogP contribution in [0.3, 0.4) is 0 Å². The van der Waals surface area contributed by atoms with Crippen molar-refractivity contribution < 1.29 is 0 Å². The van der Waals surface area contributed by atoms with Crippen molar-refractivity contribution in [3.63, 3.8) is 0 Å². The molecule has 2 heteroatoms. The highest BCUT2D eigenvalue weighted by Gasteiger charge is 2.31. The maximum absolute atomic E-state index is 4.93. The molecule has 4 rings (SSSR count). The van der Waals surface area contributed by atoms with Crippen molar-refractivity contribution in [2.75, 3.05) is 0 Å². The SMILES string of the molecule is CCCCCCCCC1CCC(C2CCC(c3cnc(C4CCC(CCCCC)CC4)nc3)CC2)CC1. The molecule has 0 bridgehead atoms. The van der Waals surface area contributed by atoms with Crippen LogP contribution in [-0.4, -0.2) is 9.97 Å². The molecule has 2 nitrogen and oxygen atoms in total. The van der Waals surface area contributed by atoms with E-state index >= 15 is 0 Å². The van der Waals surface area contributed by atoms with Crippen LogP contribution in [0.2, 0.25) is 0 Å². The molecule has 0 N–H and O–H groups in total. The summed E-state index contributed by atoms with van der Waals surface area (Å²) in [5, 5.41) is 0. The monoisotopic (exact) mass is 508 g/mol. The van der Waals surface area contributed by atoms with Gasteiger partial charge in [-0.05, 0) is 99.4 Å². The van der Waals surface area contributed by atoms with Gasteiger partial charge >= 0.3 is 0 Å². The molecule has 0 aliphatic heterocycles. The van der Waals surface area contributed by atoms with Gasteiger partial charge in [0.25, 0.3) is 0 Å². The summed E-state index contributed by atoms with van der Waals surface area (Å²) in [6.45, 7) is 4.63. The van der Waals surface area contributed by atoms with E-state index < -0.39 is 0 Å². The number of hydrogen-bond donors (Lipinski definition) is 0. The largest absolute Gasteiger partial charge is 0.241 e. The fourth-order valence-electron chi connectivity index (χ4n) is 8.25. The first kappa shape index (κ1) is 29.1. The molecule has 1 aromatic rings. The van der Waals surface area contributed by atoms with Gasteiger partial charge in [-0.2, -0.15) is 0 Å². The average molecular weight is 509 g/mol. The van der Waals surface area contributed by atoms with Gasteiger partial charge in [0.2, 0.25) is 0 Å². The topological polar surface area (TPSA) is 25.8 Å². The summed E-state index contributed by atoms with van der Waals surface area (Å²) in [6, 6.07) is 0. The lowest BCUT2D eigenvalue weighted by molar-refractivity contribution is 0.155. The Morgan fingerprint density at radius 1 is 0.514 bits per heavy atom. The Balaban J connectivity index is 1.11. The number of unbranched alkanes of at least 4 members (excludes halogenated alkanes) is 7. The Labute approximate surface area is 230 Å². The van der Waals surface area contributed by atoms with Gasteiger partial charge in [-0.15, -0.1) is 0 Å². The predicted octanol–water partition coefficient (Wildman–Crippen LogP) is 11.2. The van der Waals surface area contributed by atoms with Crippen molar-refractivity contribution in [1.82, 2.24) is 9.97 Å². The molecule has 0 saturated heterocycles. The van der Waals surface area contributed by atoms with Crippen molar-refractivity contribution in [3.8, 4) is 0 Å². The van der Waals surface area contributed by atoms with Crippen LogP contribution in [0, 0.1) is 23.7 Å². The summed E-state index contributed by atoms with van der Waals surface area (Å²) in [7, 11) is 0. The lowest BCUT2D eigenvalue weighted by Crippen LogP contribution is -2.25. The van der Waals surface area contributed by atoms with Crippen LogP contribution >= 0.6 is 0 Å². The molecule has 37 heavy (non-hydrogen) atoms. The van der Waals surface area contributed by atoms with Gasteiger partial charge < -0.3 is 0 Å². The molecule has 210 valence electrons. The number of nitrogens with zero attached hydrogens (tertiary/aromatic N) is 2. The van der Waals surface area contributed by atoms with Crippen LogP contribution in [0.4, 0.5) is 0 Å². The van der Waals surface area contributed by atoms with Crippen LogP contribution < -0.4 is 0 Å². The quantitative estimate of drug-likeness (QED) is 0.233. The molecule has 1 aromatic heterocycles. The molecule has 0 aromatic carbocycles. The zero-order chi connectivity index (χ0) is 25.7. The first-order valence-electron chi connectivity index (χ1n) is 17.1. The molecule has 0 unspecified atom stereocenters. The normalized spacial score (nSPS) is 30.9. The lowest BCUT2D eigenvalue weighted by Gasteiger charge is -2.38. The molecule has 3 aliphatic rings. The first-order chi connectivity index (χ1) is 18.3. The van der Waals surface area contributed by atoms with Crippen LogP contribution in [0.15, 0.2) is 12.4 Å². The zero-order valence-corrected chi connectivity index (χ0v) is 24.8. The van der Waals surface area contributed by atoms with Crippen molar-refractivity contribution in [1.29, 1.82) is 0 Å². The molecule has 3 aliphatic carbocycles. The molecule has 0 amide bonds. The maximum Gasteiger partial charge on any atom is 0.131 e. The average Bonchev–Trinajstić information content (AvgIpc) is 2.96. The minimum absolute atomic E-state index is 0.614. The van der Waals surface area contributed by atoms with E-state index in [1.807, 2.05) is 0 Å². The molecule has 0 atom stereocenters. The fourth-order valence-corrected chi connectivity index (χ4v) is 8.25. The highest BCUT2D eigenvalue weighted by Crippen LogP contribution is 2.44. The third-order valence-electron chi connectivity index (χ3n) is 10.9. The lowest BCUT2D eigenvalue weighted by atomic mass is 9.68. The molecular formula is C35H60N2. The molecule has 1 heterocycles. The molecule has 0 spiro atoms. The van der Waals surface area contributed by atoms with Gasteiger partial charge in [-0.25, -0.2) is 9.97 Å². The predicted molar refractivity (Wildman–Crippen MR) is 159 cm³/mol. The van der Waals surface area contributed by atoms with Gasteiger partial charge in [0, 0.05) is 18.3 Å². The van der Waals surface area contributed by atoms with Gasteiger partial charge in [-0.3, -0.25) is 0 Å². The second-order valence-electron chi connectivity index (χ2n) is 13.5. The summed E-state index contributed by atoms with van der Waals surface area (Å²) < 4.78 is 0. The molecule has 3 fully saturated rings. The van der Waals surface area contributed by atoms with Gasteiger partial charge in [0.15, 0.2) is 0 Å². The van der Waals surface area contributed by atoms with Crippen molar-refractivity contribution >= 4 is 0 Å². The zero-order valence-electron chi connectivity index (χ0n) is 24.8. The van der Waals surface area contributed by atoms with Crippen molar-refractivity contribution in [3.05, 3.63) is 23.8 Å². The fraction of sp³-hybridized carbons (Fsp3) is 0.886. The summed E-state index contributed by atoms with van der Waals surface area (Å²) in [5.74, 6) is 6.50.